The highest BCUT2D eigenvalue weighted by atomic mass is 15.3. The number of nitrogens with zero attached hydrogens (tertiary/aromatic N) is 2. The highest BCUT2D eigenvalue weighted by Crippen LogP contribution is 2.26. The lowest BCUT2D eigenvalue weighted by molar-refractivity contribution is 0.0651. The van der Waals surface area contributed by atoms with Gasteiger partial charge in [-0.3, -0.25) is 4.90 Å². The number of nitrogens with two attached hydrogens (primary N) is 1. The molecule has 3 heteroatoms. The quantitative estimate of drug-likeness (QED) is 0.861. The summed E-state index contributed by atoms with van der Waals surface area (Å²) in [5.41, 5.74) is 6.03. The third-order valence-electron chi connectivity index (χ3n) is 5.91. The van der Waals surface area contributed by atoms with Crippen molar-refractivity contribution in [2.45, 2.75) is 69.9 Å². The summed E-state index contributed by atoms with van der Waals surface area (Å²) in [6.07, 6.45) is 12.6. The largest absolute Gasteiger partial charge is 0.328 e. The van der Waals surface area contributed by atoms with Crippen LogP contribution in [0.25, 0.3) is 0 Å². The molecular weight excluding hydrogens is 246 g/mol. The molecule has 0 atom stereocenters. The van der Waals surface area contributed by atoms with E-state index in [1.807, 2.05) is 0 Å². The highest BCUT2D eigenvalue weighted by Gasteiger charge is 2.28. The summed E-state index contributed by atoms with van der Waals surface area (Å²) in [6, 6.07) is 1.32. The molecule has 0 bridgehead atoms. The number of hydrogen-bond donors (Lipinski definition) is 1. The first-order chi connectivity index (χ1) is 9.81. The fraction of sp³-hybridized carbons (Fsp3) is 1.00. The molecule has 1 aliphatic heterocycles. The van der Waals surface area contributed by atoms with E-state index in [-0.39, 0.29) is 0 Å². The van der Waals surface area contributed by atoms with Crippen molar-refractivity contribution < 1.29 is 0 Å². The lowest BCUT2D eigenvalue weighted by atomic mass is 9.88. The minimum absolute atomic E-state index is 0.485. The predicted molar refractivity (Wildman–Crippen MR) is 84.8 cm³/mol. The number of hydrogen-bond acceptors (Lipinski definition) is 3. The van der Waals surface area contributed by atoms with Crippen LogP contribution in [0, 0.1) is 5.92 Å². The van der Waals surface area contributed by atoms with E-state index in [2.05, 4.69) is 9.80 Å². The molecule has 0 unspecified atom stereocenters. The second-order valence-corrected chi connectivity index (χ2v) is 7.41. The van der Waals surface area contributed by atoms with Crippen molar-refractivity contribution in [1.82, 2.24) is 9.80 Å². The maximum atomic E-state index is 6.03. The van der Waals surface area contributed by atoms with Gasteiger partial charge in [-0.1, -0.05) is 19.3 Å². The molecule has 0 radical (unpaired) electrons. The second-order valence-electron chi connectivity index (χ2n) is 7.41. The topological polar surface area (TPSA) is 32.5 Å². The molecule has 0 aromatic carbocycles. The molecule has 3 fully saturated rings. The van der Waals surface area contributed by atoms with Gasteiger partial charge in [0.15, 0.2) is 0 Å². The van der Waals surface area contributed by atoms with Crippen molar-refractivity contribution in [1.29, 1.82) is 0 Å². The third kappa shape index (κ3) is 3.96. The van der Waals surface area contributed by atoms with E-state index in [4.69, 9.17) is 5.73 Å². The maximum absolute atomic E-state index is 6.03. The van der Waals surface area contributed by atoms with Crippen LogP contribution in [0.3, 0.4) is 0 Å². The Labute approximate surface area is 124 Å². The first kappa shape index (κ1) is 14.8. The van der Waals surface area contributed by atoms with Crippen molar-refractivity contribution in [3.05, 3.63) is 0 Å². The predicted octanol–water partition coefficient (Wildman–Crippen LogP) is 2.45. The minimum Gasteiger partial charge on any atom is -0.328 e. The van der Waals surface area contributed by atoms with Crippen LogP contribution < -0.4 is 5.73 Å². The van der Waals surface area contributed by atoms with E-state index in [1.54, 1.807) is 0 Å². The Bertz CT molecular complexity index is 272. The van der Waals surface area contributed by atoms with Crippen LogP contribution >= 0.6 is 0 Å². The smallest absolute Gasteiger partial charge is 0.0113 e. The summed E-state index contributed by atoms with van der Waals surface area (Å²) in [5, 5.41) is 0. The van der Waals surface area contributed by atoms with E-state index >= 15 is 0 Å². The standard InChI is InChI=1S/C17H33N3/c18-16-6-8-17(9-7-16)20-12-10-19(11-13-20)14-15-4-2-1-3-5-15/h15-17H,1-14,18H2/t16-,17-. The normalized spacial score (nSPS) is 35.2. The Morgan fingerprint density at radius 1 is 0.750 bits per heavy atom. The summed E-state index contributed by atoms with van der Waals surface area (Å²) in [6.45, 7) is 6.58. The first-order valence-electron chi connectivity index (χ1n) is 9.03. The van der Waals surface area contributed by atoms with E-state index < -0.39 is 0 Å². The van der Waals surface area contributed by atoms with E-state index in [0.29, 0.717) is 6.04 Å². The molecule has 1 saturated heterocycles. The van der Waals surface area contributed by atoms with E-state index in [0.717, 1.165) is 12.0 Å². The number of piperazine rings is 1. The molecule has 3 rings (SSSR count). The van der Waals surface area contributed by atoms with Gasteiger partial charge >= 0.3 is 0 Å². The minimum atomic E-state index is 0.485. The Morgan fingerprint density at radius 2 is 1.40 bits per heavy atom. The molecule has 3 nitrogen and oxygen atoms in total. The van der Waals surface area contributed by atoms with E-state index in [1.165, 1.54) is 90.5 Å². The fourth-order valence-electron chi connectivity index (χ4n) is 4.51. The van der Waals surface area contributed by atoms with Gasteiger partial charge in [0.1, 0.15) is 0 Å². The highest BCUT2D eigenvalue weighted by molar-refractivity contribution is 4.85. The lowest BCUT2D eigenvalue weighted by Crippen LogP contribution is -2.52. The zero-order chi connectivity index (χ0) is 13.8. The molecule has 2 aliphatic carbocycles. The van der Waals surface area contributed by atoms with Gasteiger partial charge in [0, 0.05) is 44.8 Å². The molecule has 0 aromatic heterocycles. The molecule has 2 N–H and O–H groups in total. The zero-order valence-corrected chi connectivity index (χ0v) is 13.1. The monoisotopic (exact) mass is 279 g/mol. The molecule has 0 spiro atoms. The third-order valence-corrected chi connectivity index (χ3v) is 5.91. The van der Waals surface area contributed by atoms with Gasteiger partial charge in [0.25, 0.3) is 0 Å². The van der Waals surface area contributed by atoms with Crippen molar-refractivity contribution in [3.8, 4) is 0 Å². The van der Waals surface area contributed by atoms with Gasteiger partial charge in [-0.15, -0.1) is 0 Å². The van der Waals surface area contributed by atoms with Crippen LogP contribution in [-0.2, 0) is 0 Å². The SMILES string of the molecule is N[C@H]1CC[C@H](N2CCN(CC3CCCCC3)CC2)CC1. The Hall–Kier alpha value is -0.120. The van der Waals surface area contributed by atoms with Gasteiger partial charge in [-0.05, 0) is 44.4 Å². The van der Waals surface area contributed by atoms with Crippen LogP contribution in [0.5, 0.6) is 0 Å². The van der Waals surface area contributed by atoms with Crippen molar-refractivity contribution in [2.75, 3.05) is 32.7 Å². The molecule has 3 aliphatic rings. The molecule has 1 heterocycles. The molecule has 2 saturated carbocycles. The van der Waals surface area contributed by atoms with Crippen LogP contribution in [0.1, 0.15) is 57.8 Å². The second kappa shape index (κ2) is 7.24. The van der Waals surface area contributed by atoms with Gasteiger partial charge in [-0.25, -0.2) is 0 Å². The summed E-state index contributed by atoms with van der Waals surface area (Å²) < 4.78 is 0. The average Bonchev–Trinajstić information content (AvgIpc) is 2.50. The fourth-order valence-corrected chi connectivity index (χ4v) is 4.51. The lowest BCUT2D eigenvalue weighted by Gasteiger charge is -2.42. The number of rotatable bonds is 3. The average molecular weight is 279 g/mol. The molecule has 0 aromatic rings. The van der Waals surface area contributed by atoms with Crippen molar-refractivity contribution in [3.63, 3.8) is 0 Å². The van der Waals surface area contributed by atoms with Crippen LogP contribution in [0.4, 0.5) is 0 Å². The zero-order valence-electron chi connectivity index (χ0n) is 13.1. The van der Waals surface area contributed by atoms with Crippen molar-refractivity contribution in [2.24, 2.45) is 11.7 Å². The molecule has 0 amide bonds. The van der Waals surface area contributed by atoms with Gasteiger partial charge in [-0.2, -0.15) is 0 Å². The summed E-state index contributed by atoms with van der Waals surface area (Å²) in [5.74, 6) is 1.00. The maximum Gasteiger partial charge on any atom is 0.0113 e. The summed E-state index contributed by atoms with van der Waals surface area (Å²) >= 11 is 0. The molecular formula is C17H33N3. The van der Waals surface area contributed by atoms with Gasteiger partial charge < -0.3 is 10.6 Å². The van der Waals surface area contributed by atoms with Gasteiger partial charge in [0.05, 0.1) is 0 Å². The van der Waals surface area contributed by atoms with Crippen molar-refractivity contribution >= 4 is 0 Å². The van der Waals surface area contributed by atoms with E-state index in [9.17, 15) is 0 Å². The summed E-state index contributed by atoms with van der Waals surface area (Å²) in [4.78, 5) is 5.49. The Balaban J connectivity index is 1.38. The molecule has 116 valence electrons. The van der Waals surface area contributed by atoms with Crippen LogP contribution in [0.15, 0.2) is 0 Å². The first-order valence-corrected chi connectivity index (χ1v) is 9.03. The van der Waals surface area contributed by atoms with Crippen LogP contribution in [0.2, 0.25) is 0 Å². The van der Waals surface area contributed by atoms with Gasteiger partial charge in [0.2, 0.25) is 0 Å². The molecule has 20 heavy (non-hydrogen) atoms. The summed E-state index contributed by atoms with van der Waals surface area (Å²) in [7, 11) is 0. The Kier molecular flexibility index (Phi) is 5.36. The Morgan fingerprint density at radius 3 is 2.05 bits per heavy atom. The van der Waals surface area contributed by atoms with Crippen LogP contribution in [-0.4, -0.2) is 54.6 Å².